The van der Waals surface area contributed by atoms with E-state index in [-0.39, 0.29) is 0 Å². The smallest absolute Gasteiger partial charge is 0.0609 e. The van der Waals surface area contributed by atoms with Gasteiger partial charge in [-0.25, -0.2) is 0 Å². The summed E-state index contributed by atoms with van der Waals surface area (Å²) in [6, 6.07) is 0. The van der Waals surface area contributed by atoms with Gasteiger partial charge in [0.2, 0.25) is 0 Å². The minimum absolute atomic E-state index is 0.604. The monoisotopic (exact) mass is 192 g/mol. The van der Waals surface area contributed by atoms with E-state index in [1.165, 1.54) is 38.5 Å². The molecule has 0 aromatic carbocycles. The first-order valence-electron chi connectivity index (χ1n) is 6.23. The maximum Gasteiger partial charge on any atom is 0.0609 e. The number of allylic oxidation sites excluding steroid dienone is 2. The van der Waals surface area contributed by atoms with E-state index in [9.17, 15) is 0 Å². The molecule has 1 nitrogen and oxygen atoms in total. The molecule has 0 N–H and O–H groups in total. The SMILES string of the molecule is C1=CC2C(CC1)CCC1OCCCC12. The Kier molecular flexibility index (Phi) is 2.36. The van der Waals surface area contributed by atoms with Crippen molar-refractivity contribution in [2.75, 3.05) is 6.61 Å². The predicted octanol–water partition coefficient (Wildman–Crippen LogP) is 3.16. The molecular formula is C13H20O. The van der Waals surface area contributed by atoms with Gasteiger partial charge in [0.25, 0.3) is 0 Å². The molecule has 0 spiro atoms. The van der Waals surface area contributed by atoms with Crippen LogP contribution in [0.3, 0.4) is 0 Å². The predicted molar refractivity (Wildman–Crippen MR) is 57.1 cm³/mol. The minimum atomic E-state index is 0.604. The lowest BCUT2D eigenvalue weighted by atomic mass is 9.65. The second kappa shape index (κ2) is 3.69. The van der Waals surface area contributed by atoms with E-state index >= 15 is 0 Å². The van der Waals surface area contributed by atoms with Gasteiger partial charge in [0.05, 0.1) is 6.10 Å². The lowest BCUT2D eigenvalue weighted by Gasteiger charge is -2.45. The number of fused-ring (bicyclic) bond motifs is 3. The van der Waals surface area contributed by atoms with Crippen molar-refractivity contribution in [2.45, 2.75) is 44.6 Å². The van der Waals surface area contributed by atoms with Crippen LogP contribution in [0.1, 0.15) is 38.5 Å². The fraction of sp³-hybridized carbons (Fsp3) is 0.846. The molecule has 4 unspecified atom stereocenters. The summed E-state index contributed by atoms with van der Waals surface area (Å²) in [5.41, 5.74) is 0. The highest BCUT2D eigenvalue weighted by Crippen LogP contribution is 2.45. The molecule has 0 aromatic rings. The Bertz CT molecular complexity index is 233. The topological polar surface area (TPSA) is 9.23 Å². The highest BCUT2D eigenvalue weighted by Gasteiger charge is 2.40. The van der Waals surface area contributed by atoms with E-state index in [2.05, 4.69) is 12.2 Å². The highest BCUT2D eigenvalue weighted by molar-refractivity contribution is 5.04. The normalized spacial score (nSPS) is 46.9. The Morgan fingerprint density at radius 1 is 1.07 bits per heavy atom. The molecule has 0 radical (unpaired) electrons. The van der Waals surface area contributed by atoms with Gasteiger partial charge in [-0.2, -0.15) is 0 Å². The molecule has 1 heterocycles. The first kappa shape index (κ1) is 8.96. The first-order chi connectivity index (χ1) is 6.95. The maximum absolute atomic E-state index is 5.90. The molecule has 0 amide bonds. The first-order valence-corrected chi connectivity index (χ1v) is 6.23. The Morgan fingerprint density at radius 3 is 3.07 bits per heavy atom. The summed E-state index contributed by atoms with van der Waals surface area (Å²) in [4.78, 5) is 0. The van der Waals surface area contributed by atoms with Crippen LogP contribution in [-0.4, -0.2) is 12.7 Å². The van der Waals surface area contributed by atoms with Gasteiger partial charge >= 0.3 is 0 Å². The second-order valence-corrected chi connectivity index (χ2v) is 5.14. The Labute approximate surface area is 86.5 Å². The number of ether oxygens (including phenoxy) is 1. The van der Waals surface area contributed by atoms with Crippen LogP contribution in [0.5, 0.6) is 0 Å². The zero-order valence-corrected chi connectivity index (χ0v) is 8.82. The summed E-state index contributed by atoms with van der Waals surface area (Å²) >= 11 is 0. The average molecular weight is 192 g/mol. The fourth-order valence-electron chi connectivity index (χ4n) is 3.72. The minimum Gasteiger partial charge on any atom is -0.378 e. The van der Waals surface area contributed by atoms with Crippen LogP contribution < -0.4 is 0 Å². The van der Waals surface area contributed by atoms with Crippen LogP contribution in [0.4, 0.5) is 0 Å². The van der Waals surface area contributed by atoms with Crippen molar-refractivity contribution < 1.29 is 4.74 Å². The molecular weight excluding hydrogens is 172 g/mol. The van der Waals surface area contributed by atoms with Gasteiger partial charge < -0.3 is 4.74 Å². The van der Waals surface area contributed by atoms with Crippen LogP contribution in [-0.2, 0) is 4.74 Å². The van der Waals surface area contributed by atoms with Crippen molar-refractivity contribution in [1.29, 1.82) is 0 Å². The number of hydrogen-bond donors (Lipinski definition) is 0. The van der Waals surface area contributed by atoms with Crippen LogP contribution in [0, 0.1) is 17.8 Å². The van der Waals surface area contributed by atoms with Crippen molar-refractivity contribution in [3.8, 4) is 0 Å². The molecule has 1 aliphatic heterocycles. The third-order valence-electron chi connectivity index (χ3n) is 4.41. The van der Waals surface area contributed by atoms with Gasteiger partial charge in [-0.05, 0) is 56.3 Å². The van der Waals surface area contributed by atoms with Gasteiger partial charge in [-0.3, -0.25) is 0 Å². The summed E-state index contributed by atoms with van der Waals surface area (Å²) in [6.45, 7) is 1.02. The van der Waals surface area contributed by atoms with Crippen molar-refractivity contribution in [2.24, 2.45) is 17.8 Å². The molecule has 14 heavy (non-hydrogen) atoms. The van der Waals surface area contributed by atoms with E-state index in [1.54, 1.807) is 0 Å². The van der Waals surface area contributed by atoms with Crippen molar-refractivity contribution in [3.05, 3.63) is 12.2 Å². The number of hydrogen-bond acceptors (Lipinski definition) is 1. The van der Waals surface area contributed by atoms with Crippen LogP contribution in [0.15, 0.2) is 12.2 Å². The lowest BCUT2D eigenvalue weighted by Crippen LogP contribution is -2.42. The van der Waals surface area contributed by atoms with Gasteiger partial charge in [0.15, 0.2) is 0 Å². The van der Waals surface area contributed by atoms with E-state index in [4.69, 9.17) is 4.74 Å². The molecule has 1 heteroatoms. The molecule has 2 aliphatic carbocycles. The van der Waals surface area contributed by atoms with E-state index in [0.29, 0.717) is 6.10 Å². The Hall–Kier alpha value is -0.300. The summed E-state index contributed by atoms with van der Waals surface area (Å²) in [7, 11) is 0. The quantitative estimate of drug-likeness (QED) is 0.536. The maximum atomic E-state index is 5.90. The fourth-order valence-corrected chi connectivity index (χ4v) is 3.72. The van der Waals surface area contributed by atoms with Crippen LogP contribution >= 0.6 is 0 Å². The second-order valence-electron chi connectivity index (χ2n) is 5.14. The molecule has 3 rings (SSSR count). The summed E-state index contributed by atoms with van der Waals surface area (Å²) < 4.78 is 5.90. The lowest BCUT2D eigenvalue weighted by molar-refractivity contribution is -0.0773. The summed E-state index contributed by atoms with van der Waals surface area (Å²) in [5, 5.41) is 0. The van der Waals surface area contributed by atoms with E-state index < -0.39 is 0 Å². The summed E-state index contributed by atoms with van der Waals surface area (Å²) in [5.74, 6) is 2.71. The molecule has 1 saturated carbocycles. The Morgan fingerprint density at radius 2 is 2.07 bits per heavy atom. The number of rotatable bonds is 0. The molecule has 0 bridgehead atoms. The van der Waals surface area contributed by atoms with E-state index in [0.717, 1.165) is 24.4 Å². The molecule has 1 saturated heterocycles. The standard InChI is InChI=1S/C13H20O/c1-2-5-11-10(4-1)7-8-13-12(11)6-3-9-14-13/h2,5,10-13H,1,3-4,6-9H2. The van der Waals surface area contributed by atoms with Crippen LogP contribution in [0.2, 0.25) is 0 Å². The Balaban J connectivity index is 1.80. The molecule has 3 aliphatic rings. The molecule has 2 fully saturated rings. The van der Waals surface area contributed by atoms with Crippen molar-refractivity contribution in [1.82, 2.24) is 0 Å². The van der Waals surface area contributed by atoms with Crippen molar-refractivity contribution in [3.63, 3.8) is 0 Å². The zero-order valence-electron chi connectivity index (χ0n) is 8.82. The largest absolute Gasteiger partial charge is 0.378 e. The van der Waals surface area contributed by atoms with Crippen LogP contribution in [0.25, 0.3) is 0 Å². The average Bonchev–Trinajstić information content (AvgIpc) is 2.29. The van der Waals surface area contributed by atoms with E-state index in [1.807, 2.05) is 0 Å². The van der Waals surface area contributed by atoms with Gasteiger partial charge in [0.1, 0.15) is 0 Å². The van der Waals surface area contributed by atoms with Gasteiger partial charge in [0, 0.05) is 6.61 Å². The highest BCUT2D eigenvalue weighted by atomic mass is 16.5. The molecule has 78 valence electrons. The van der Waals surface area contributed by atoms with Gasteiger partial charge in [-0.15, -0.1) is 0 Å². The molecule has 0 aromatic heterocycles. The third kappa shape index (κ3) is 1.42. The third-order valence-corrected chi connectivity index (χ3v) is 4.41. The summed E-state index contributed by atoms with van der Waals surface area (Å²) in [6.07, 6.45) is 13.7. The van der Waals surface area contributed by atoms with Crippen molar-refractivity contribution >= 4 is 0 Å². The molecule has 4 atom stereocenters. The zero-order chi connectivity index (χ0) is 9.38. The van der Waals surface area contributed by atoms with Gasteiger partial charge in [-0.1, -0.05) is 12.2 Å².